The van der Waals surface area contributed by atoms with Crippen LogP contribution in [0.1, 0.15) is 20.3 Å². The Morgan fingerprint density at radius 1 is 1.33 bits per heavy atom. The Bertz CT molecular complexity index is 347. The molecule has 0 spiro atoms. The van der Waals surface area contributed by atoms with E-state index in [4.69, 9.17) is 0 Å². The zero-order valence-corrected chi connectivity index (χ0v) is 10.6. The van der Waals surface area contributed by atoms with E-state index < -0.39 is 0 Å². The lowest BCUT2D eigenvalue weighted by molar-refractivity contribution is -0.0510. The fourth-order valence-electron chi connectivity index (χ4n) is 1.89. The molecule has 2 atom stereocenters. The van der Waals surface area contributed by atoms with E-state index in [1.54, 1.807) is 0 Å². The molecule has 0 aliphatic heterocycles. The number of aliphatic hydroxyl groups excluding tert-OH is 1. The summed E-state index contributed by atoms with van der Waals surface area (Å²) in [5, 5.41) is 13.1. The number of nitrogens with one attached hydrogen (secondary N) is 1. The molecule has 1 saturated carbocycles. The number of anilines is 1. The molecule has 0 heterocycles. The minimum absolute atomic E-state index is 0.0208. The van der Waals surface area contributed by atoms with Crippen LogP contribution in [-0.2, 0) is 0 Å². The van der Waals surface area contributed by atoms with Gasteiger partial charge in [0.1, 0.15) is 0 Å². The van der Waals surface area contributed by atoms with Crippen molar-refractivity contribution in [2.75, 3.05) is 5.32 Å². The van der Waals surface area contributed by atoms with E-state index in [2.05, 4.69) is 35.1 Å². The van der Waals surface area contributed by atoms with Gasteiger partial charge in [-0.3, -0.25) is 0 Å². The quantitative estimate of drug-likeness (QED) is 0.865. The lowest BCUT2D eigenvalue weighted by Crippen LogP contribution is -2.56. The molecule has 82 valence electrons. The number of halogens is 1. The summed E-state index contributed by atoms with van der Waals surface area (Å²) in [6.45, 7) is 4.19. The first-order chi connectivity index (χ1) is 7.00. The van der Waals surface area contributed by atoms with Crippen molar-refractivity contribution in [2.45, 2.75) is 32.4 Å². The van der Waals surface area contributed by atoms with Gasteiger partial charge in [-0.05, 0) is 30.7 Å². The third-order valence-electron chi connectivity index (χ3n) is 3.40. The van der Waals surface area contributed by atoms with Crippen LogP contribution in [0.4, 0.5) is 5.69 Å². The smallest absolute Gasteiger partial charge is 0.0630 e. The molecule has 3 heteroatoms. The van der Waals surface area contributed by atoms with Gasteiger partial charge >= 0.3 is 0 Å². The molecule has 2 unspecified atom stereocenters. The zero-order valence-electron chi connectivity index (χ0n) is 9.00. The maximum Gasteiger partial charge on any atom is 0.0630 e. The van der Waals surface area contributed by atoms with Gasteiger partial charge in [-0.15, -0.1) is 0 Å². The highest BCUT2D eigenvalue weighted by atomic mass is 79.9. The largest absolute Gasteiger partial charge is 0.392 e. The van der Waals surface area contributed by atoms with Gasteiger partial charge in [-0.2, -0.15) is 0 Å². The van der Waals surface area contributed by atoms with Crippen LogP contribution in [0.2, 0.25) is 0 Å². The number of hydrogen-bond donors (Lipinski definition) is 2. The average molecular weight is 270 g/mol. The molecule has 1 aromatic rings. The summed E-state index contributed by atoms with van der Waals surface area (Å²) in [4.78, 5) is 0. The van der Waals surface area contributed by atoms with Gasteiger partial charge in [0.2, 0.25) is 0 Å². The second kappa shape index (κ2) is 3.80. The average Bonchev–Trinajstić information content (AvgIpc) is 2.21. The molecule has 2 N–H and O–H groups in total. The van der Waals surface area contributed by atoms with Gasteiger partial charge in [-0.1, -0.05) is 29.8 Å². The SMILES string of the molecule is CC1(C)C(O)CC1Nc1ccc(Br)cc1. The molecule has 0 saturated heterocycles. The summed E-state index contributed by atoms with van der Waals surface area (Å²) in [5.74, 6) is 0. The van der Waals surface area contributed by atoms with Gasteiger partial charge in [0, 0.05) is 21.6 Å². The first-order valence-electron chi connectivity index (χ1n) is 5.20. The van der Waals surface area contributed by atoms with Crippen LogP contribution in [0, 0.1) is 5.41 Å². The molecule has 2 rings (SSSR count). The maximum atomic E-state index is 9.62. The van der Waals surface area contributed by atoms with Gasteiger partial charge in [-0.25, -0.2) is 0 Å². The second-order valence-electron chi connectivity index (χ2n) is 4.78. The van der Waals surface area contributed by atoms with Crippen molar-refractivity contribution in [3.8, 4) is 0 Å². The van der Waals surface area contributed by atoms with Crippen LogP contribution >= 0.6 is 15.9 Å². The van der Waals surface area contributed by atoms with E-state index >= 15 is 0 Å². The lowest BCUT2D eigenvalue weighted by Gasteiger charge is -2.49. The molecule has 1 aliphatic carbocycles. The van der Waals surface area contributed by atoms with Crippen molar-refractivity contribution in [1.29, 1.82) is 0 Å². The number of benzene rings is 1. The van der Waals surface area contributed by atoms with Crippen molar-refractivity contribution < 1.29 is 5.11 Å². The van der Waals surface area contributed by atoms with Crippen LogP contribution in [0.25, 0.3) is 0 Å². The van der Waals surface area contributed by atoms with Crippen LogP contribution in [0.3, 0.4) is 0 Å². The highest BCUT2D eigenvalue weighted by Gasteiger charge is 2.47. The fraction of sp³-hybridized carbons (Fsp3) is 0.500. The molecule has 1 fully saturated rings. The Morgan fingerprint density at radius 2 is 1.93 bits per heavy atom. The van der Waals surface area contributed by atoms with Crippen molar-refractivity contribution in [3.05, 3.63) is 28.7 Å². The minimum Gasteiger partial charge on any atom is -0.392 e. The monoisotopic (exact) mass is 269 g/mol. The summed E-state index contributed by atoms with van der Waals surface area (Å²) >= 11 is 3.41. The fourth-order valence-corrected chi connectivity index (χ4v) is 2.16. The van der Waals surface area contributed by atoms with Crippen LogP contribution in [-0.4, -0.2) is 17.3 Å². The summed E-state index contributed by atoms with van der Waals surface area (Å²) in [6, 6.07) is 8.50. The van der Waals surface area contributed by atoms with Crippen molar-refractivity contribution in [2.24, 2.45) is 5.41 Å². The Labute approximate surface area is 98.8 Å². The minimum atomic E-state index is -0.176. The normalized spacial score (nSPS) is 28.3. The first kappa shape index (κ1) is 11.0. The van der Waals surface area contributed by atoms with Crippen molar-refractivity contribution in [1.82, 2.24) is 0 Å². The van der Waals surface area contributed by atoms with E-state index in [-0.39, 0.29) is 11.5 Å². The zero-order chi connectivity index (χ0) is 11.1. The lowest BCUT2D eigenvalue weighted by atomic mass is 9.64. The van der Waals surface area contributed by atoms with Crippen molar-refractivity contribution >= 4 is 21.6 Å². The Balaban J connectivity index is 2.02. The molecule has 2 nitrogen and oxygen atoms in total. The first-order valence-corrected chi connectivity index (χ1v) is 5.99. The molecule has 0 aromatic heterocycles. The third-order valence-corrected chi connectivity index (χ3v) is 3.93. The maximum absolute atomic E-state index is 9.62. The van der Waals surface area contributed by atoms with E-state index in [0.717, 1.165) is 16.6 Å². The number of hydrogen-bond acceptors (Lipinski definition) is 2. The molecule has 0 amide bonds. The Morgan fingerprint density at radius 3 is 2.40 bits per heavy atom. The highest BCUT2D eigenvalue weighted by molar-refractivity contribution is 9.10. The summed E-state index contributed by atoms with van der Waals surface area (Å²) in [5.41, 5.74) is 1.09. The van der Waals surface area contributed by atoms with Crippen LogP contribution in [0.15, 0.2) is 28.7 Å². The Kier molecular flexibility index (Phi) is 2.77. The summed E-state index contributed by atoms with van der Waals surface area (Å²) < 4.78 is 1.08. The van der Waals surface area contributed by atoms with Crippen LogP contribution < -0.4 is 5.32 Å². The molecular weight excluding hydrogens is 254 g/mol. The highest BCUT2D eigenvalue weighted by Crippen LogP contribution is 2.42. The molecule has 0 bridgehead atoms. The van der Waals surface area contributed by atoms with Gasteiger partial charge in [0.15, 0.2) is 0 Å². The Hall–Kier alpha value is -0.540. The standard InChI is InChI=1S/C12H16BrNO/c1-12(2)10(7-11(12)15)14-9-5-3-8(13)4-6-9/h3-6,10-11,14-15H,7H2,1-2H3. The summed E-state index contributed by atoms with van der Waals surface area (Å²) in [7, 11) is 0. The van der Waals surface area contributed by atoms with Gasteiger partial charge < -0.3 is 10.4 Å². The number of rotatable bonds is 2. The molecular formula is C12H16BrNO. The van der Waals surface area contributed by atoms with Crippen molar-refractivity contribution in [3.63, 3.8) is 0 Å². The topological polar surface area (TPSA) is 32.3 Å². The molecule has 1 aromatic carbocycles. The molecule has 1 aliphatic rings. The molecule has 0 radical (unpaired) electrons. The van der Waals surface area contributed by atoms with E-state index in [1.807, 2.05) is 24.3 Å². The van der Waals surface area contributed by atoms with Gasteiger partial charge in [0.25, 0.3) is 0 Å². The van der Waals surface area contributed by atoms with E-state index in [9.17, 15) is 5.11 Å². The summed E-state index contributed by atoms with van der Waals surface area (Å²) in [6.07, 6.45) is 0.661. The van der Waals surface area contributed by atoms with Gasteiger partial charge in [0.05, 0.1) is 6.10 Å². The van der Waals surface area contributed by atoms with E-state index in [1.165, 1.54) is 0 Å². The van der Waals surface area contributed by atoms with E-state index in [0.29, 0.717) is 6.04 Å². The second-order valence-corrected chi connectivity index (χ2v) is 5.69. The predicted octanol–water partition coefficient (Wildman–Crippen LogP) is 3.02. The molecule has 15 heavy (non-hydrogen) atoms. The number of aliphatic hydroxyl groups is 1. The van der Waals surface area contributed by atoms with Crippen LogP contribution in [0.5, 0.6) is 0 Å². The predicted molar refractivity (Wildman–Crippen MR) is 66.0 cm³/mol. The third kappa shape index (κ3) is 2.04.